The summed E-state index contributed by atoms with van der Waals surface area (Å²) in [5, 5.41) is 12.5. The van der Waals surface area contributed by atoms with Crippen LogP contribution in [0, 0.1) is 5.82 Å². The van der Waals surface area contributed by atoms with Gasteiger partial charge < -0.3 is 14.4 Å². The Hall–Kier alpha value is -1.84. The van der Waals surface area contributed by atoms with Crippen LogP contribution in [0.3, 0.4) is 0 Å². The molecule has 8 nitrogen and oxygen atoms in total. The van der Waals surface area contributed by atoms with Gasteiger partial charge >= 0.3 is 0 Å². The molecule has 3 rings (SSSR count). The van der Waals surface area contributed by atoms with Crippen LogP contribution in [0.15, 0.2) is 12.3 Å². The molecule has 1 aliphatic rings. The van der Waals surface area contributed by atoms with E-state index in [-0.39, 0.29) is 10.8 Å². The third kappa shape index (κ3) is 3.74. The number of morpholine rings is 1. The Morgan fingerprint density at radius 1 is 1.52 bits per heavy atom. The molecule has 124 valence electrons. The number of nitrogens with zero attached hydrogens (tertiary/aromatic N) is 6. The van der Waals surface area contributed by atoms with Crippen molar-refractivity contribution in [2.24, 2.45) is 0 Å². The Balaban J connectivity index is 1.71. The van der Waals surface area contributed by atoms with Gasteiger partial charge in [-0.05, 0) is 11.3 Å². The van der Waals surface area contributed by atoms with Crippen molar-refractivity contribution in [3.8, 4) is 0 Å². The summed E-state index contributed by atoms with van der Waals surface area (Å²) < 4.78 is 24.7. The van der Waals surface area contributed by atoms with E-state index >= 15 is 0 Å². The summed E-state index contributed by atoms with van der Waals surface area (Å²) in [5.74, 6) is 0.240. The average Bonchev–Trinajstić information content (AvgIpc) is 3.02. The lowest BCUT2D eigenvalue weighted by Gasteiger charge is -2.32. The Bertz CT molecular complexity index is 670. The number of halogens is 2. The van der Waals surface area contributed by atoms with Gasteiger partial charge in [0.05, 0.1) is 31.3 Å². The molecule has 10 heteroatoms. The van der Waals surface area contributed by atoms with Gasteiger partial charge in [-0.3, -0.25) is 0 Å². The number of hydrogen-bond acceptors (Lipinski definition) is 7. The standard InChI is InChI=1S/C13H16ClFN6O2/c1-22-4-3-21-18-12(17-19-21)11-8-20(2-5-23-11)13-10(15)6-9(14)7-16-13/h6-7,11H,2-5,8H2,1H3. The van der Waals surface area contributed by atoms with E-state index in [1.54, 1.807) is 12.0 Å². The van der Waals surface area contributed by atoms with Crippen molar-refractivity contribution in [2.75, 3.05) is 38.3 Å². The average molecular weight is 343 g/mol. The van der Waals surface area contributed by atoms with Crippen LogP contribution < -0.4 is 4.90 Å². The second kappa shape index (κ2) is 7.16. The van der Waals surface area contributed by atoms with E-state index in [4.69, 9.17) is 21.1 Å². The quantitative estimate of drug-likeness (QED) is 0.804. The first-order chi connectivity index (χ1) is 11.2. The molecule has 2 aromatic heterocycles. The van der Waals surface area contributed by atoms with E-state index in [2.05, 4.69) is 20.4 Å². The first kappa shape index (κ1) is 16.0. The SMILES string of the molecule is COCCn1nnc(C2CN(c3ncc(Cl)cc3F)CCO2)n1. The molecule has 0 amide bonds. The zero-order valence-electron chi connectivity index (χ0n) is 12.5. The molecular formula is C13H16ClFN6O2. The molecular weight excluding hydrogens is 327 g/mol. The molecule has 2 aromatic rings. The van der Waals surface area contributed by atoms with Crippen molar-refractivity contribution in [3.63, 3.8) is 0 Å². The van der Waals surface area contributed by atoms with E-state index < -0.39 is 11.9 Å². The molecule has 3 heterocycles. The van der Waals surface area contributed by atoms with E-state index in [1.807, 2.05) is 0 Å². The Morgan fingerprint density at radius 3 is 3.17 bits per heavy atom. The van der Waals surface area contributed by atoms with Crippen LogP contribution in [0.5, 0.6) is 0 Å². The fourth-order valence-corrected chi connectivity index (χ4v) is 2.43. The largest absolute Gasteiger partial charge is 0.383 e. The molecule has 0 aliphatic carbocycles. The molecule has 0 N–H and O–H groups in total. The number of pyridine rings is 1. The summed E-state index contributed by atoms with van der Waals surface area (Å²) in [5.41, 5.74) is 0. The van der Waals surface area contributed by atoms with Gasteiger partial charge in [0, 0.05) is 19.9 Å². The summed E-state index contributed by atoms with van der Waals surface area (Å²) in [6, 6.07) is 1.24. The number of methoxy groups -OCH3 is 1. The van der Waals surface area contributed by atoms with Gasteiger partial charge in [-0.25, -0.2) is 9.37 Å². The number of aromatic nitrogens is 5. The van der Waals surface area contributed by atoms with Crippen LogP contribution in [0.1, 0.15) is 11.9 Å². The number of hydrogen-bond donors (Lipinski definition) is 0. The van der Waals surface area contributed by atoms with Crippen molar-refractivity contribution in [1.82, 2.24) is 25.2 Å². The molecule has 0 spiro atoms. The maximum Gasteiger partial charge on any atom is 0.205 e. The molecule has 0 saturated carbocycles. The highest BCUT2D eigenvalue weighted by Gasteiger charge is 2.28. The van der Waals surface area contributed by atoms with Crippen LogP contribution in [0.2, 0.25) is 5.02 Å². The molecule has 1 unspecified atom stereocenters. The molecule has 0 aromatic carbocycles. The molecule has 1 atom stereocenters. The minimum absolute atomic E-state index is 0.245. The van der Waals surface area contributed by atoms with Gasteiger partial charge in [0.1, 0.15) is 6.10 Å². The van der Waals surface area contributed by atoms with Gasteiger partial charge in [0.25, 0.3) is 0 Å². The second-order valence-corrected chi connectivity index (χ2v) is 5.44. The molecule has 0 radical (unpaired) electrons. The van der Waals surface area contributed by atoms with Crippen molar-refractivity contribution in [2.45, 2.75) is 12.6 Å². The molecule has 1 fully saturated rings. The normalized spacial score (nSPS) is 18.4. The number of tetrazole rings is 1. The first-order valence-electron chi connectivity index (χ1n) is 7.11. The first-order valence-corrected chi connectivity index (χ1v) is 7.49. The summed E-state index contributed by atoms with van der Waals surface area (Å²) in [4.78, 5) is 7.29. The van der Waals surface area contributed by atoms with Crippen molar-refractivity contribution in [3.05, 3.63) is 28.9 Å². The highest BCUT2D eigenvalue weighted by Crippen LogP contribution is 2.25. The minimum atomic E-state index is -0.463. The maximum absolute atomic E-state index is 14.0. The van der Waals surface area contributed by atoms with E-state index in [0.717, 1.165) is 0 Å². The molecule has 23 heavy (non-hydrogen) atoms. The monoisotopic (exact) mass is 342 g/mol. The van der Waals surface area contributed by atoms with Crippen molar-refractivity contribution >= 4 is 17.4 Å². The Kier molecular flexibility index (Phi) is 4.99. The van der Waals surface area contributed by atoms with Gasteiger partial charge in [-0.15, -0.1) is 10.2 Å². The zero-order chi connectivity index (χ0) is 16.2. The van der Waals surface area contributed by atoms with E-state index in [1.165, 1.54) is 17.1 Å². The van der Waals surface area contributed by atoms with Crippen LogP contribution in [0.4, 0.5) is 10.2 Å². The van der Waals surface area contributed by atoms with Crippen LogP contribution in [-0.4, -0.2) is 58.6 Å². The van der Waals surface area contributed by atoms with Crippen molar-refractivity contribution in [1.29, 1.82) is 0 Å². The highest BCUT2D eigenvalue weighted by molar-refractivity contribution is 6.30. The van der Waals surface area contributed by atoms with Crippen LogP contribution >= 0.6 is 11.6 Å². The predicted octanol–water partition coefficient (Wildman–Crippen LogP) is 1.08. The fourth-order valence-electron chi connectivity index (χ4n) is 2.29. The summed E-state index contributed by atoms with van der Waals surface area (Å²) in [6.07, 6.45) is 1.03. The van der Waals surface area contributed by atoms with Crippen molar-refractivity contribution < 1.29 is 13.9 Å². The lowest BCUT2D eigenvalue weighted by Crippen LogP contribution is -2.39. The third-order valence-electron chi connectivity index (χ3n) is 3.41. The minimum Gasteiger partial charge on any atom is -0.383 e. The topological polar surface area (TPSA) is 78.2 Å². The number of ether oxygens (including phenoxy) is 2. The summed E-state index contributed by atoms with van der Waals surface area (Å²) in [7, 11) is 1.60. The smallest absolute Gasteiger partial charge is 0.205 e. The van der Waals surface area contributed by atoms with Gasteiger partial charge in [0.2, 0.25) is 5.82 Å². The molecule has 1 saturated heterocycles. The zero-order valence-corrected chi connectivity index (χ0v) is 13.3. The van der Waals surface area contributed by atoms with E-state index in [9.17, 15) is 4.39 Å². The van der Waals surface area contributed by atoms with Gasteiger partial charge in [-0.1, -0.05) is 11.6 Å². The molecule has 0 bridgehead atoms. The van der Waals surface area contributed by atoms with Gasteiger partial charge in [-0.2, -0.15) is 4.80 Å². The predicted molar refractivity (Wildman–Crippen MR) is 79.8 cm³/mol. The maximum atomic E-state index is 14.0. The lowest BCUT2D eigenvalue weighted by molar-refractivity contribution is 0.0332. The highest BCUT2D eigenvalue weighted by atomic mass is 35.5. The number of anilines is 1. The summed E-state index contributed by atoms with van der Waals surface area (Å²) in [6.45, 7) is 2.34. The summed E-state index contributed by atoms with van der Waals surface area (Å²) >= 11 is 5.74. The lowest BCUT2D eigenvalue weighted by atomic mass is 10.2. The molecule has 1 aliphatic heterocycles. The Labute approximate surface area is 137 Å². The van der Waals surface area contributed by atoms with E-state index in [0.29, 0.717) is 38.7 Å². The number of rotatable bonds is 5. The Morgan fingerprint density at radius 2 is 2.39 bits per heavy atom. The fraction of sp³-hybridized carbons (Fsp3) is 0.538. The van der Waals surface area contributed by atoms with Crippen LogP contribution in [-0.2, 0) is 16.0 Å². The van der Waals surface area contributed by atoms with Gasteiger partial charge in [0.15, 0.2) is 11.6 Å². The third-order valence-corrected chi connectivity index (χ3v) is 3.61. The second-order valence-electron chi connectivity index (χ2n) is 5.00. The van der Waals surface area contributed by atoms with Crippen LogP contribution in [0.25, 0.3) is 0 Å².